The summed E-state index contributed by atoms with van der Waals surface area (Å²) in [5.74, 6) is 0. The van der Waals surface area contributed by atoms with Crippen molar-refractivity contribution in [1.82, 2.24) is 0 Å². The quantitative estimate of drug-likeness (QED) is 0.403. The Morgan fingerprint density at radius 2 is 2.54 bits per heavy atom. The molecular weight excluding hydrogens is 206 g/mol. The highest BCUT2D eigenvalue weighted by molar-refractivity contribution is 8.13. The van der Waals surface area contributed by atoms with Gasteiger partial charge in [-0.15, -0.1) is 11.8 Å². The molecule has 0 saturated heterocycles. The van der Waals surface area contributed by atoms with Gasteiger partial charge in [0.25, 0.3) is 0 Å². The highest BCUT2D eigenvalue weighted by Gasteiger charge is 2.09. The number of hydrogen-bond acceptors (Lipinski definition) is 3. The van der Waals surface area contributed by atoms with E-state index in [1.165, 1.54) is 5.57 Å². The highest BCUT2D eigenvalue weighted by Crippen LogP contribution is 2.18. The Balaban J connectivity index is 2.76. The Morgan fingerprint density at radius 1 is 1.77 bits per heavy atom. The first-order valence-corrected chi connectivity index (χ1v) is 5.58. The van der Waals surface area contributed by atoms with E-state index in [0.717, 1.165) is 18.1 Å². The molecule has 1 aliphatic heterocycles. The van der Waals surface area contributed by atoms with Gasteiger partial charge in [-0.05, 0) is 18.2 Å². The SMILES string of the molecule is C=C(Cl)/N=C(\SC)C1=CCOCC1. The lowest BCUT2D eigenvalue weighted by Crippen LogP contribution is -2.09. The molecule has 0 radical (unpaired) electrons. The van der Waals surface area contributed by atoms with E-state index in [1.54, 1.807) is 11.8 Å². The summed E-state index contributed by atoms with van der Waals surface area (Å²) in [6.45, 7) is 4.98. The number of nitrogens with zero attached hydrogens (tertiary/aromatic N) is 1. The molecule has 0 unspecified atom stereocenters. The van der Waals surface area contributed by atoms with Crippen LogP contribution in [0.15, 0.2) is 28.4 Å². The molecule has 13 heavy (non-hydrogen) atoms. The van der Waals surface area contributed by atoms with Crippen molar-refractivity contribution in [2.45, 2.75) is 6.42 Å². The van der Waals surface area contributed by atoms with E-state index >= 15 is 0 Å². The lowest BCUT2D eigenvalue weighted by molar-refractivity contribution is 0.156. The summed E-state index contributed by atoms with van der Waals surface area (Å²) >= 11 is 7.20. The van der Waals surface area contributed by atoms with Crippen LogP contribution < -0.4 is 0 Å². The van der Waals surface area contributed by atoms with E-state index in [4.69, 9.17) is 16.3 Å². The van der Waals surface area contributed by atoms with E-state index in [0.29, 0.717) is 11.8 Å². The fourth-order valence-corrected chi connectivity index (χ4v) is 1.86. The van der Waals surface area contributed by atoms with E-state index in [-0.39, 0.29) is 0 Å². The zero-order valence-corrected chi connectivity index (χ0v) is 9.12. The molecule has 0 aromatic rings. The molecule has 0 aromatic heterocycles. The minimum atomic E-state index is 0.330. The third-order valence-corrected chi connectivity index (χ3v) is 2.48. The maximum atomic E-state index is 5.62. The number of aliphatic imine (C=N–C) groups is 1. The van der Waals surface area contributed by atoms with Crippen LogP contribution in [0.25, 0.3) is 0 Å². The molecule has 0 saturated carbocycles. The average molecular weight is 218 g/mol. The number of ether oxygens (including phenoxy) is 1. The summed E-state index contributed by atoms with van der Waals surface area (Å²) in [5, 5.41) is 1.28. The van der Waals surface area contributed by atoms with Crippen LogP contribution in [0.4, 0.5) is 0 Å². The smallest absolute Gasteiger partial charge is 0.123 e. The van der Waals surface area contributed by atoms with Gasteiger partial charge in [0.2, 0.25) is 0 Å². The Morgan fingerprint density at radius 3 is 3.00 bits per heavy atom. The van der Waals surface area contributed by atoms with Gasteiger partial charge >= 0.3 is 0 Å². The van der Waals surface area contributed by atoms with Crippen molar-refractivity contribution in [3.63, 3.8) is 0 Å². The van der Waals surface area contributed by atoms with Gasteiger partial charge in [-0.3, -0.25) is 0 Å². The first-order chi connectivity index (χ1) is 6.24. The number of thioether (sulfide) groups is 1. The van der Waals surface area contributed by atoms with Gasteiger partial charge in [0, 0.05) is 0 Å². The Bertz CT molecular complexity index is 260. The third kappa shape index (κ3) is 3.55. The fourth-order valence-electron chi connectivity index (χ4n) is 1.08. The largest absolute Gasteiger partial charge is 0.377 e. The lowest BCUT2D eigenvalue weighted by Gasteiger charge is -2.13. The van der Waals surface area contributed by atoms with Crippen molar-refractivity contribution >= 4 is 28.4 Å². The topological polar surface area (TPSA) is 21.6 Å². The highest BCUT2D eigenvalue weighted by atomic mass is 35.5. The summed E-state index contributed by atoms with van der Waals surface area (Å²) in [6, 6.07) is 0. The lowest BCUT2D eigenvalue weighted by atomic mass is 10.2. The van der Waals surface area contributed by atoms with E-state index in [1.807, 2.05) is 12.3 Å². The molecule has 4 heteroatoms. The molecule has 0 bridgehead atoms. The minimum Gasteiger partial charge on any atom is -0.377 e. The number of halogens is 1. The van der Waals surface area contributed by atoms with Gasteiger partial charge in [-0.2, -0.15) is 0 Å². The second-order valence-electron chi connectivity index (χ2n) is 2.55. The molecule has 0 aliphatic carbocycles. The van der Waals surface area contributed by atoms with Crippen LogP contribution in [0.2, 0.25) is 0 Å². The van der Waals surface area contributed by atoms with Crippen LogP contribution >= 0.6 is 23.4 Å². The fraction of sp³-hybridized carbons (Fsp3) is 0.444. The molecule has 72 valence electrons. The molecule has 1 rings (SSSR count). The van der Waals surface area contributed by atoms with Crippen molar-refractivity contribution in [3.05, 3.63) is 23.4 Å². The molecule has 1 aliphatic rings. The van der Waals surface area contributed by atoms with Gasteiger partial charge < -0.3 is 4.74 Å². The normalized spacial score (nSPS) is 18.3. The monoisotopic (exact) mass is 217 g/mol. The zero-order valence-electron chi connectivity index (χ0n) is 7.55. The van der Waals surface area contributed by atoms with Crippen LogP contribution in [-0.4, -0.2) is 24.5 Å². The minimum absolute atomic E-state index is 0.330. The van der Waals surface area contributed by atoms with Gasteiger partial charge in [-0.25, -0.2) is 4.99 Å². The first kappa shape index (κ1) is 10.8. The van der Waals surface area contributed by atoms with Crippen molar-refractivity contribution in [1.29, 1.82) is 0 Å². The summed E-state index contributed by atoms with van der Waals surface area (Å²) in [4.78, 5) is 4.15. The zero-order chi connectivity index (χ0) is 9.68. The first-order valence-electron chi connectivity index (χ1n) is 3.98. The van der Waals surface area contributed by atoms with Crippen LogP contribution in [0.3, 0.4) is 0 Å². The summed E-state index contributed by atoms with van der Waals surface area (Å²) in [5.41, 5.74) is 1.21. The number of hydrogen-bond donors (Lipinski definition) is 0. The van der Waals surface area contributed by atoms with E-state index in [9.17, 15) is 0 Å². The summed E-state index contributed by atoms with van der Waals surface area (Å²) in [7, 11) is 0. The summed E-state index contributed by atoms with van der Waals surface area (Å²) in [6.07, 6.45) is 4.93. The van der Waals surface area contributed by atoms with Crippen LogP contribution in [0, 0.1) is 0 Å². The van der Waals surface area contributed by atoms with Crippen molar-refractivity contribution in [3.8, 4) is 0 Å². The van der Waals surface area contributed by atoms with Crippen LogP contribution in [0.5, 0.6) is 0 Å². The second-order valence-corrected chi connectivity index (χ2v) is 3.78. The second kappa shape index (κ2) is 5.47. The van der Waals surface area contributed by atoms with Gasteiger partial charge in [0.15, 0.2) is 0 Å². The molecule has 0 spiro atoms. The third-order valence-electron chi connectivity index (χ3n) is 1.65. The Hall–Kier alpha value is -0.250. The molecule has 0 aromatic carbocycles. The van der Waals surface area contributed by atoms with E-state index in [2.05, 4.69) is 11.6 Å². The molecule has 0 atom stereocenters. The van der Waals surface area contributed by atoms with Gasteiger partial charge in [0.05, 0.1) is 13.2 Å². The summed E-state index contributed by atoms with van der Waals surface area (Å²) < 4.78 is 5.20. The predicted octanol–water partition coefficient (Wildman–Crippen LogP) is 2.80. The van der Waals surface area contributed by atoms with Crippen LogP contribution in [-0.2, 0) is 4.74 Å². The Kier molecular flexibility index (Phi) is 4.56. The molecule has 0 amide bonds. The van der Waals surface area contributed by atoms with Gasteiger partial charge in [-0.1, -0.05) is 24.3 Å². The molecular formula is C9H12ClNOS. The van der Waals surface area contributed by atoms with E-state index < -0.39 is 0 Å². The van der Waals surface area contributed by atoms with Crippen molar-refractivity contribution in [2.24, 2.45) is 4.99 Å². The molecule has 0 N–H and O–H groups in total. The number of rotatable bonds is 2. The predicted molar refractivity (Wildman–Crippen MR) is 59.5 cm³/mol. The van der Waals surface area contributed by atoms with Gasteiger partial charge in [0.1, 0.15) is 10.2 Å². The molecule has 1 heterocycles. The maximum absolute atomic E-state index is 5.62. The maximum Gasteiger partial charge on any atom is 0.123 e. The molecule has 2 nitrogen and oxygen atoms in total. The van der Waals surface area contributed by atoms with Crippen LogP contribution in [0.1, 0.15) is 6.42 Å². The van der Waals surface area contributed by atoms with Crippen molar-refractivity contribution in [2.75, 3.05) is 19.5 Å². The molecule has 0 fully saturated rings. The average Bonchev–Trinajstić information content (AvgIpc) is 2.15. The Labute approximate surface area is 87.7 Å². The standard InChI is InChI=1S/C9H12ClNOS/c1-7(10)11-9(13-2)8-3-5-12-6-4-8/h3H,1,4-6H2,2H3/b11-9-. The van der Waals surface area contributed by atoms with Crippen molar-refractivity contribution < 1.29 is 4.74 Å².